The maximum atomic E-state index is 17.1. The third-order valence-electron chi connectivity index (χ3n) is 10.5. The van der Waals surface area contributed by atoms with E-state index in [4.69, 9.17) is 15.9 Å². The van der Waals surface area contributed by atoms with Crippen LogP contribution in [0.4, 0.5) is 27.8 Å². The second-order valence-corrected chi connectivity index (χ2v) is 14.1. The SMILES string of the molecule is C#Cc1c(F)ccc2cc(O)cc(-c3c(C(F)(F)F)cc4c(N5CC6CCC(C5)N6)nc(OCC5(CN6CCCOCC6)CC5)nc4c3F)c12. The van der Waals surface area contributed by atoms with Gasteiger partial charge in [-0.2, -0.15) is 23.1 Å². The van der Waals surface area contributed by atoms with E-state index in [1.54, 1.807) is 0 Å². The standard InChI is InChI=1S/C37H36F5N5O3/c1-2-25-29(38)7-4-21-14-24(48)15-26(30(21)25)31-28(37(40,41)42)16-27-33(32(31)39)44-35(45-34(27)47-17-22-5-6-23(18-47)43-22)50-20-36(8-9-36)19-46-10-3-12-49-13-11-46/h1,4,7,14-16,22-23,43,48H,3,5-6,8-13,17-20H2. The minimum Gasteiger partial charge on any atom is -0.508 e. The number of anilines is 1. The highest BCUT2D eigenvalue weighted by atomic mass is 19.4. The molecule has 3 aromatic carbocycles. The first kappa shape index (κ1) is 32.9. The number of aromatic hydroxyl groups is 1. The number of phenols is 1. The third kappa shape index (κ3) is 6.07. The Bertz CT molecular complexity index is 2010. The molecule has 0 amide bonds. The molecule has 2 bridgehead atoms. The van der Waals surface area contributed by atoms with Gasteiger partial charge in [0.1, 0.15) is 22.9 Å². The van der Waals surface area contributed by atoms with Crippen molar-refractivity contribution in [3.63, 3.8) is 0 Å². The Balaban J connectivity index is 1.29. The number of rotatable bonds is 7. The monoisotopic (exact) mass is 693 g/mol. The highest BCUT2D eigenvalue weighted by molar-refractivity contribution is 6.05. The number of alkyl halides is 3. The number of nitrogens with zero attached hydrogens (tertiary/aromatic N) is 4. The van der Waals surface area contributed by atoms with E-state index in [2.05, 4.69) is 26.1 Å². The fraction of sp³-hybridized carbons (Fsp3) is 0.459. The topological polar surface area (TPSA) is 83.0 Å². The number of halogens is 5. The van der Waals surface area contributed by atoms with Gasteiger partial charge in [-0.05, 0) is 67.3 Å². The molecule has 1 aromatic heterocycles. The van der Waals surface area contributed by atoms with E-state index in [0.29, 0.717) is 19.7 Å². The van der Waals surface area contributed by atoms with Crippen molar-refractivity contribution in [2.45, 2.75) is 50.4 Å². The molecular weight excluding hydrogens is 657 g/mol. The van der Waals surface area contributed by atoms with Crippen LogP contribution in [0, 0.1) is 29.4 Å². The van der Waals surface area contributed by atoms with Crippen molar-refractivity contribution < 1.29 is 36.5 Å². The summed E-state index contributed by atoms with van der Waals surface area (Å²) >= 11 is 0. The van der Waals surface area contributed by atoms with E-state index >= 15 is 17.6 Å². The van der Waals surface area contributed by atoms with Crippen LogP contribution in [0.5, 0.6) is 11.8 Å². The highest BCUT2D eigenvalue weighted by Gasteiger charge is 2.45. The normalized spacial score (nSPS) is 22.1. The molecule has 0 radical (unpaired) electrons. The van der Waals surface area contributed by atoms with Gasteiger partial charge in [-0.1, -0.05) is 12.0 Å². The Hall–Kier alpha value is -4.25. The summed E-state index contributed by atoms with van der Waals surface area (Å²) in [5.74, 6) is -0.248. The van der Waals surface area contributed by atoms with Crippen molar-refractivity contribution in [2.24, 2.45) is 5.41 Å². The molecule has 3 aliphatic heterocycles. The van der Waals surface area contributed by atoms with Gasteiger partial charge in [0.2, 0.25) is 0 Å². The van der Waals surface area contributed by atoms with E-state index in [1.165, 1.54) is 12.1 Å². The summed E-state index contributed by atoms with van der Waals surface area (Å²) in [5, 5.41) is 14.0. The first-order valence-electron chi connectivity index (χ1n) is 17.0. The minimum absolute atomic E-state index is 0.109. The first-order valence-corrected chi connectivity index (χ1v) is 17.0. The maximum Gasteiger partial charge on any atom is 0.417 e. The van der Waals surface area contributed by atoms with Crippen molar-refractivity contribution in [1.29, 1.82) is 0 Å². The average Bonchev–Trinajstić information content (AvgIpc) is 3.83. The lowest BCUT2D eigenvalue weighted by Crippen LogP contribution is -2.51. The molecule has 50 heavy (non-hydrogen) atoms. The van der Waals surface area contributed by atoms with Crippen molar-refractivity contribution in [3.8, 4) is 35.2 Å². The Kier molecular flexibility index (Phi) is 8.24. The van der Waals surface area contributed by atoms with Crippen LogP contribution < -0.4 is 15.0 Å². The molecule has 8 rings (SSSR count). The number of ether oxygens (including phenoxy) is 2. The van der Waals surface area contributed by atoms with Gasteiger partial charge >= 0.3 is 12.2 Å². The van der Waals surface area contributed by atoms with Gasteiger partial charge in [-0.15, -0.1) is 6.42 Å². The van der Waals surface area contributed by atoms with Crippen LogP contribution in [0.3, 0.4) is 0 Å². The molecule has 13 heteroatoms. The van der Waals surface area contributed by atoms with Crippen molar-refractivity contribution >= 4 is 27.5 Å². The molecule has 0 spiro atoms. The van der Waals surface area contributed by atoms with Crippen molar-refractivity contribution in [1.82, 2.24) is 20.2 Å². The molecule has 2 atom stereocenters. The number of nitrogens with one attached hydrogen (secondary N) is 1. The Morgan fingerprint density at radius 2 is 1.84 bits per heavy atom. The molecule has 4 aromatic rings. The molecule has 2 N–H and O–H groups in total. The van der Waals surface area contributed by atoms with Crippen LogP contribution in [-0.4, -0.2) is 84.6 Å². The van der Waals surface area contributed by atoms with Gasteiger partial charge in [0, 0.05) is 73.2 Å². The highest BCUT2D eigenvalue weighted by Crippen LogP contribution is 2.48. The van der Waals surface area contributed by atoms with E-state index in [1.807, 2.05) is 4.90 Å². The van der Waals surface area contributed by atoms with E-state index in [0.717, 1.165) is 76.5 Å². The average molecular weight is 694 g/mol. The molecule has 4 fully saturated rings. The summed E-state index contributed by atoms with van der Waals surface area (Å²) in [6, 6.07) is 5.48. The molecule has 4 heterocycles. The summed E-state index contributed by atoms with van der Waals surface area (Å²) in [4.78, 5) is 13.3. The summed E-state index contributed by atoms with van der Waals surface area (Å²) < 4.78 is 89.0. The van der Waals surface area contributed by atoms with Crippen molar-refractivity contribution in [3.05, 3.63) is 53.1 Å². The summed E-state index contributed by atoms with van der Waals surface area (Å²) in [6.45, 7) is 5.10. The Labute approximate surface area is 285 Å². The molecule has 8 nitrogen and oxygen atoms in total. The fourth-order valence-electron chi connectivity index (χ4n) is 7.89. The van der Waals surface area contributed by atoms with Crippen LogP contribution >= 0.6 is 0 Å². The number of terminal acetylenes is 1. The van der Waals surface area contributed by atoms with Crippen LogP contribution in [0.25, 0.3) is 32.8 Å². The number of hydrogen-bond donors (Lipinski definition) is 2. The van der Waals surface area contributed by atoms with Gasteiger partial charge < -0.3 is 29.7 Å². The number of fused-ring (bicyclic) bond motifs is 4. The summed E-state index contributed by atoms with van der Waals surface area (Å²) in [6.07, 6.45) is 5.17. The first-order chi connectivity index (χ1) is 24.0. The van der Waals surface area contributed by atoms with Gasteiger partial charge in [0.15, 0.2) is 5.82 Å². The number of aromatic nitrogens is 2. The second-order valence-electron chi connectivity index (χ2n) is 14.1. The van der Waals surface area contributed by atoms with Gasteiger partial charge in [0.25, 0.3) is 0 Å². The molecule has 2 unspecified atom stereocenters. The largest absolute Gasteiger partial charge is 0.508 e. The minimum atomic E-state index is -5.06. The predicted octanol–water partition coefficient (Wildman–Crippen LogP) is 6.26. The van der Waals surface area contributed by atoms with Crippen LogP contribution in [-0.2, 0) is 10.9 Å². The van der Waals surface area contributed by atoms with Crippen LogP contribution in [0.15, 0.2) is 30.3 Å². The lowest BCUT2D eigenvalue weighted by molar-refractivity contribution is -0.137. The second kappa shape index (κ2) is 12.5. The van der Waals surface area contributed by atoms with Crippen LogP contribution in [0.2, 0.25) is 0 Å². The summed E-state index contributed by atoms with van der Waals surface area (Å²) in [7, 11) is 0. The van der Waals surface area contributed by atoms with Gasteiger partial charge in [-0.25, -0.2) is 8.78 Å². The van der Waals surface area contributed by atoms with E-state index in [9.17, 15) is 9.50 Å². The number of hydrogen-bond acceptors (Lipinski definition) is 8. The molecule has 4 aliphatic rings. The quantitative estimate of drug-likeness (QED) is 0.174. The smallest absolute Gasteiger partial charge is 0.417 e. The lowest BCUT2D eigenvalue weighted by atomic mass is 9.89. The third-order valence-corrected chi connectivity index (χ3v) is 10.5. The summed E-state index contributed by atoms with van der Waals surface area (Å²) in [5.41, 5.74) is -3.48. The molecular formula is C37H36F5N5O3. The number of phenolic OH excluding ortho intramolecular Hbond substituents is 1. The molecule has 1 aliphatic carbocycles. The fourth-order valence-corrected chi connectivity index (χ4v) is 7.89. The number of piperazine rings is 1. The van der Waals surface area contributed by atoms with E-state index in [-0.39, 0.29) is 63.2 Å². The van der Waals surface area contributed by atoms with Crippen LogP contribution in [0.1, 0.15) is 43.2 Å². The van der Waals surface area contributed by atoms with Gasteiger partial charge in [-0.3, -0.25) is 0 Å². The lowest BCUT2D eigenvalue weighted by Gasteiger charge is -2.34. The van der Waals surface area contributed by atoms with E-state index < -0.39 is 40.3 Å². The Morgan fingerprint density at radius 1 is 1.06 bits per heavy atom. The number of benzene rings is 3. The van der Waals surface area contributed by atoms with Crippen molar-refractivity contribution in [2.75, 3.05) is 57.4 Å². The molecule has 1 saturated carbocycles. The zero-order valence-electron chi connectivity index (χ0n) is 27.3. The molecule has 3 saturated heterocycles. The zero-order chi connectivity index (χ0) is 34.8. The molecule has 262 valence electrons. The van der Waals surface area contributed by atoms with Gasteiger partial charge in [0.05, 0.1) is 24.3 Å². The predicted molar refractivity (Wildman–Crippen MR) is 178 cm³/mol. The Morgan fingerprint density at radius 3 is 2.56 bits per heavy atom. The maximum absolute atomic E-state index is 17.1. The zero-order valence-corrected chi connectivity index (χ0v) is 27.3.